The number of nitrogens with one attached hydrogen (secondary N) is 3. The molecule has 10 heteroatoms. The number of carbonyl (C=O) groups excluding carboxylic acids is 1. The third kappa shape index (κ3) is 7.30. The van der Waals surface area contributed by atoms with Crippen LogP contribution in [0, 0.1) is 36.5 Å². The molecule has 0 spiro atoms. The average Bonchev–Trinajstić information content (AvgIpc) is 2.97. The van der Waals surface area contributed by atoms with Crippen LogP contribution in [0.2, 0.25) is 0 Å². The van der Waals surface area contributed by atoms with Gasteiger partial charge in [-0.3, -0.25) is 9.78 Å². The molecule has 0 saturated heterocycles. The Morgan fingerprint density at radius 1 is 1.02 bits per heavy atom. The second kappa shape index (κ2) is 13.5. The molecule has 0 bridgehead atoms. The van der Waals surface area contributed by atoms with E-state index in [4.69, 9.17) is 20.2 Å². The SMILES string of the molecule is COCc1nc(Nc2ccc(C#N)cc2)nc(Nc2c(C)cc(/C=C/C#N)cc2C)c1C(=O)NCc1ccccn1. The van der Waals surface area contributed by atoms with Crippen LogP contribution in [-0.4, -0.2) is 28.0 Å². The normalized spacial score (nSPS) is 10.6. The quantitative estimate of drug-likeness (QED) is 0.221. The lowest BCUT2D eigenvalue weighted by Crippen LogP contribution is -2.27. The van der Waals surface area contributed by atoms with Crippen LogP contribution in [-0.2, 0) is 17.9 Å². The zero-order valence-electron chi connectivity index (χ0n) is 22.9. The molecule has 0 aliphatic carbocycles. The predicted molar refractivity (Wildman–Crippen MR) is 156 cm³/mol. The molecule has 10 nitrogen and oxygen atoms in total. The van der Waals surface area contributed by atoms with Gasteiger partial charge in [0.05, 0.1) is 42.2 Å². The third-order valence-corrected chi connectivity index (χ3v) is 6.07. The largest absolute Gasteiger partial charge is 0.378 e. The summed E-state index contributed by atoms with van der Waals surface area (Å²) in [6.07, 6.45) is 4.83. The summed E-state index contributed by atoms with van der Waals surface area (Å²) in [6.45, 7) is 4.15. The second-order valence-corrected chi connectivity index (χ2v) is 9.09. The molecule has 4 rings (SSSR count). The maximum Gasteiger partial charge on any atom is 0.257 e. The number of aryl methyl sites for hydroxylation is 2. The van der Waals surface area contributed by atoms with Crippen LogP contribution < -0.4 is 16.0 Å². The van der Waals surface area contributed by atoms with Crippen molar-refractivity contribution < 1.29 is 9.53 Å². The first kappa shape index (κ1) is 28.4. The first-order chi connectivity index (χ1) is 19.9. The fourth-order valence-corrected chi connectivity index (χ4v) is 4.19. The van der Waals surface area contributed by atoms with E-state index in [1.54, 1.807) is 36.5 Å². The summed E-state index contributed by atoms with van der Waals surface area (Å²) in [4.78, 5) is 27.2. The Balaban J connectivity index is 1.77. The van der Waals surface area contributed by atoms with Gasteiger partial charge in [0.25, 0.3) is 5.91 Å². The van der Waals surface area contributed by atoms with Crippen LogP contribution >= 0.6 is 0 Å². The standard InChI is InChI=1S/C31H28N8O2/c1-20-15-23(7-6-13-32)16-21(2)28(20)38-29-27(30(40)35-18-25-8-4-5-14-34-25)26(19-41-3)37-31(39-29)36-24-11-9-22(17-33)10-12-24/h4-12,14-16H,18-19H2,1-3H3,(H,35,40)(H2,36,37,38,39)/b7-6+. The van der Waals surface area contributed by atoms with Gasteiger partial charge >= 0.3 is 0 Å². The smallest absolute Gasteiger partial charge is 0.257 e. The zero-order valence-corrected chi connectivity index (χ0v) is 22.9. The van der Waals surface area contributed by atoms with E-state index in [9.17, 15) is 4.79 Å². The Bertz CT molecular complexity index is 1630. The van der Waals surface area contributed by atoms with E-state index in [-0.39, 0.29) is 36.4 Å². The molecule has 0 aliphatic rings. The first-order valence-electron chi connectivity index (χ1n) is 12.7. The van der Waals surface area contributed by atoms with E-state index in [0.717, 1.165) is 22.4 Å². The lowest BCUT2D eigenvalue weighted by Gasteiger charge is -2.19. The Labute approximate surface area is 238 Å². The van der Waals surface area contributed by atoms with E-state index in [0.29, 0.717) is 22.6 Å². The summed E-state index contributed by atoms with van der Waals surface area (Å²) in [5.74, 6) is 0.140. The van der Waals surface area contributed by atoms with Crippen molar-refractivity contribution in [2.45, 2.75) is 27.0 Å². The molecule has 1 amide bonds. The fourth-order valence-electron chi connectivity index (χ4n) is 4.19. The van der Waals surface area contributed by atoms with Crippen LogP contribution in [0.4, 0.5) is 23.1 Å². The molecule has 2 aromatic heterocycles. The Morgan fingerprint density at radius 3 is 2.41 bits per heavy atom. The van der Waals surface area contributed by atoms with Crippen LogP contribution in [0.1, 0.15) is 44.0 Å². The molecule has 0 atom stereocenters. The summed E-state index contributed by atoms with van der Waals surface area (Å²) >= 11 is 0. The molecule has 0 aliphatic heterocycles. The number of hydrogen-bond acceptors (Lipinski definition) is 9. The molecule has 0 fully saturated rings. The van der Waals surface area contributed by atoms with Gasteiger partial charge in [-0.1, -0.05) is 6.07 Å². The molecule has 41 heavy (non-hydrogen) atoms. The number of hydrogen-bond donors (Lipinski definition) is 3. The molecule has 0 unspecified atom stereocenters. The fraction of sp³-hybridized carbons (Fsp3) is 0.161. The van der Waals surface area contributed by atoms with Gasteiger partial charge in [0.15, 0.2) is 0 Å². The van der Waals surface area contributed by atoms with Gasteiger partial charge in [-0.2, -0.15) is 15.5 Å². The number of allylic oxidation sites excluding steroid dienone is 1. The molecule has 0 radical (unpaired) electrons. The number of methoxy groups -OCH3 is 1. The lowest BCUT2D eigenvalue weighted by atomic mass is 10.0. The summed E-state index contributed by atoms with van der Waals surface area (Å²) in [5.41, 5.74) is 5.97. The topological polar surface area (TPSA) is 149 Å². The van der Waals surface area contributed by atoms with Gasteiger partial charge in [-0.25, -0.2) is 4.98 Å². The molecular weight excluding hydrogens is 516 g/mol. The van der Waals surface area contributed by atoms with E-state index in [1.807, 2.05) is 50.2 Å². The molecule has 3 N–H and O–H groups in total. The predicted octanol–water partition coefficient (Wildman–Crippen LogP) is 5.46. The highest BCUT2D eigenvalue weighted by Gasteiger charge is 2.23. The number of anilines is 4. The van der Waals surface area contributed by atoms with Crippen molar-refractivity contribution in [1.29, 1.82) is 10.5 Å². The van der Waals surface area contributed by atoms with Crippen molar-refractivity contribution in [3.05, 3.63) is 106 Å². The van der Waals surface area contributed by atoms with Crippen molar-refractivity contribution in [1.82, 2.24) is 20.3 Å². The van der Waals surface area contributed by atoms with Crippen LogP contribution in [0.5, 0.6) is 0 Å². The number of carbonyl (C=O) groups is 1. The minimum atomic E-state index is -0.390. The summed E-state index contributed by atoms with van der Waals surface area (Å²) in [6, 6.07) is 20.3. The molecular formula is C31H28N8O2. The Hall–Kier alpha value is -5.58. The van der Waals surface area contributed by atoms with Gasteiger partial charge in [0.1, 0.15) is 11.4 Å². The minimum absolute atomic E-state index is 0.0570. The van der Waals surface area contributed by atoms with Gasteiger partial charge < -0.3 is 20.7 Å². The molecule has 2 heterocycles. The molecule has 204 valence electrons. The van der Waals surface area contributed by atoms with E-state index in [2.05, 4.69) is 32.0 Å². The van der Waals surface area contributed by atoms with Crippen molar-refractivity contribution >= 4 is 35.1 Å². The van der Waals surface area contributed by atoms with Gasteiger partial charge in [0.2, 0.25) is 5.95 Å². The van der Waals surface area contributed by atoms with Crippen molar-refractivity contribution in [3.8, 4) is 12.1 Å². The first-order valence-corrected chi connectivity index (χ1v) is 12.7. The van der Waals surface area contributed by atoms with Crippen LogP contribution in [0.15, 0.2) is 66.9 Å². The maximum atomic E-state index is 13.6. The highest BCUT2D eigenvalue weighted by atomic mass is 16.5. The number of benzene rings is 2. The van der Waals surface area contributed by atoms with Gasteiger partial charge in [0, 0.05) is 30.8 Å². The lowest BCUT2D eigenvalue weighted by molar-refractivity contribution is 0.0945. The van der Waals surface area contributed by atoms with Crippen molar-refractivity contribution in [2.24, 2.45) is 0 Å². The number of pyridine rings is 1. The molecule has 2 aromatic carbocycles. The third-order valence-electron chi connectivity index (χ3n) is 6.07. The number of ether oxygens (including phenoxy) is 1. The minimum Gasteiger partial charge on any atom is -0.378 e. The van der Waals surface area contributed by atoms with Crippen molar-refractivity contribution in [2.75, 3.05) is 17.7 Å². The van der Waals surface area contributed by atoms with Crippen LogP contribution in [0.3, 0.4) is 0 Å². The zero-order chi connectivity index (χ0) is 29.2. The summed E-state index contributed by atoms with van der Waals surface area (Å²) in [5, 5.41) is 27.5. The number of amides is 1. The highest BCUT2D eigenvalue weighted by molar-refractivity contribution is 6.01. The Morgan fingerprint density at radius 2 is 1.78 bits per heavy atom. The highest BCUT2D eigenvalue weighted by Crippen LogP contribution is 2.30. The Kier molecular flexibility index (Phi) is 9.34. The summed E-state index contributed by atoms with van der Waals surface area (Å²) < 4.78 is 5.41. The molecule has 4 aromatic rings. The van der Waals surface area contributed by atoms with Crippen LogP contribution in [0.25, 0.3) is 6.08 Å². The number of nitriles is 2. The summed E-state index contributed by atoms with van der Waals surface area (Å²) in [7, 11) is 1.53. The van der Waals surface area contributed by atoms with E-state index in [1.165, 1.54) is 13.2 Å². The number of aromatic nitrogens is 3. The number of rotatable bonds is 10. The van der Waals surface area contributed by atoms with Gasteiger partial charge in [-0.15, -0.1) is 0 Å². The monoisotopic (exact) mass is 544 g/mol. The molecule has 0 saturated carbocycles. The maximum absolute atomic E-state index is 13.6. The number of nitrogens with zero attached hydrogens (tertiary/aromatic N) is 5. The van der Waals surface area contributed by atoms with Crippen molar-refractivity contribution in [3.63, 3.8) is 0 Å². The average molecular weight is 545 g/mol. The second-order valence-electron chi connectivity index (χ2n) is 9.09. The van der Waals surface area contributed by atoms with E-state index >= 15 is 0 Å². The van der Waals surface area contributed by atoms with E-state index < -0.39 is 0 Å². The van der Waals surface area contributed by atoms with Gasteiger partial charge in [-0.05, 0) is 85.1 Å².